The number of rotatable bonds is 4. The summed E-state index contributed by atoms with van der Waals surface area (Å²) in [7, 11) is 0. The van der Waals surface area contributed by atoms with Crippen LogP contribution in [0.4, 0.5) is 5.69 Å². The van der Waals surface area contributed by atoms with E-state index in [0.717, 1.165) is 18.4 Å². The number of nitrogens with one attached hydrogen (secondary N) is 1. The zero-order valence-electron chi connectivity index (χ0n) is 11.4. The smallest absolute Gasteiger partial charge is 0.230 e. The molecule has 2 aliphatic rings. The lowest BCUT2D eigenvalue weighted by molar-refractivity contribution is -0.124. The summed E-state index contributed by atoms with van der Waals surface area (Å²) < 4.78 is 5.18. The molecule has 3 rings (SSSR count). The highest BCUT2D eigenvalue weighted by Crippen LogP contribution is 2.48. The van der Waals surface area contributed by atoms with Gasteiger partial charge in [-0.15, -0.1) is 0 Å². The van der Waals surface area contributed by atoms with Gasteiger partial charge in [0.1, 0.15) is 5.60 Å². The molecule has 1 aromatic rings. The lowest BCUT2D eigenvalue weighted by Gasteiger charge is -2.23. The quantitative estimate of drug-likeness (QED) is 0.702. The van der Waals surface area contributed by atoms with E-state index in [1.807, 2.05) is 24.3 Å². The third kappa shape index (κ3) is 2.39. The second-order valence-corrected chi connectivity index (χ2v) is 5.91. The number of aliphatic hydroxyl groups is 1. The lowest BCUT2D eigenvalue weighted by Crippen LogP contribution is -2.46. The molecule has 20 heavy (non-hydrogen) atoms. The van der Waals surface area contributed by atoms with E-state index in [4.69, 9.17) is 10.5 Å². The average Bonchev–Trinajstić information content (AvgIpc) is 3.14. The van der Waals surface area contributed by atoms with Crippen LogP contribution in [0.5, 0.6) is 0 Å². The summed E-state index contributed by atoms with van der Waals surface area (Å²) in [6.07, 6.45) is 2.26. The maximum Gasteiger partial charge on any atom is 0.230 e. The van der Waals surface area contributed by atoms with Crippen molar-refractivity contribution in [3.63, 3.8) is 0 Å². The van der Waals surface area contributed by atoms with Gasteiger partial charge in [-0.1, -0.05) is 12.1 Å². The Morgan fingerprint density at radius 1 is 1.30 bits per heavy atom. The van der Waals surface area contributed by atoms with Crippen molar-refractivity contribution >= 4 is 11.6 Å². The number of hydrogen-bond acceptors (Lipinski definition) is 4. The number of ether oxygens (including phenoxy) is 1. The number of hydrogen-bond donors (Lipinski definition) is 3. The van der Waals surface area contributed by atoms with Crippen molar-refractivity contribution in [2.75, 3.05) is 25.5 Å². The van der Waals surface area contributed by atoms with E-state index in [9.17, 15) is 9.90 Å². The molecule has 5 nitrogen and oxygen atoms in total. The maximum absolute atomic E-state index is 12.4. The Morgan fingerprint density at radius 3 is 2.55 bits per heavy atom. The monoisotopic (exact) mass is 276 g/mol. The minimum Gasteiger partial charge on any atom is -0.399 e. The molecular formula is C15H20N2O3. The summed E-state index contributed by atoms with van der Waals surface area (Å²) in [6.45, 7) is 1.10. The molecule has 1 aromatic carbocycles. The first-order chi connectivity index (χ1) is 9.54. The van der Waals surface area contributed by atoms with Gasteiger partial charge in [0.05, 0.1) is 12.0 Å². The van der Waals surface area contributed by atoms with Crippen molar-refractivity contribution in [2.24, 2.45) is 0 Å². The van der Waals surface area contributed by atoms with Crippen molar-refractivity contribution in [3.8, 4) is 0 Å². The molecule has 2 fully saturated rings. The summed E-state index contributed by atoms with van der Waals surface area (Å²) in [5.74, 6) is -0.0115. The summed E-state index contributed by atoms with van der Waals surface area (Å²) in [5.41, 5.74) is 6.04. The summed E-state index contributed by atoms with van der Waals surface area (Å²) in [5, 5.41) is 13.1. The van der Waals surface area contributed by atoms with Crippen molar-refractivity contribution in [1.82, 2.24) is 5.32 Å². The van der Waals surface area contributed by atoms with E-state index < -0.39 is 11.0 Å². The molecule has 4 N–H and O–H groups in total. The summed E-state index contributed by atoms with van der Waals surface area (Å²) in [4.78, 5) is 12.4. The number of carbonyl (C=O) groups excluding carboxylic acids is 1. The molecule has 0 aromatic heterocycles. The molecule has 1 saturated carbocycles. The number of carbonyl (C=O) groups is 1. The Bertz CT molecular complexity index is 502. The second-order valence-electron chi connectivity index (χ2n) is 5.91. The zero-order valence-corrected chi connectivity index (χ0v) is 11.4. The van der Waals surface area contributed by atoms with Crippen molar-refractivity contribution < 1.29 is 14.6 Å². The predicted molar refractivity (Wildman–Crippen MR) is 75.2 cm³/mol. The first kappa shape index (κ1) is 13.4. The number of amides is 1. The van der Waals surface area contributed by atoms with E-state index in [1.54, 1.807) is 0 Å². The van der Waals surface area contributed by atoms with Gasteiger partial charge in [0, 0.05) is 25.3 Å². The standard InChI is InChI=1S/C15H20N2O3/c16-12-3-1-11(2-4-12)15(5-6-15)13(18)17-9-14(19)7-8-20-10-14/h1-4,19H,5-10,16H2,(H,17,18). The molecule has 0 radical (unpaired) electrons. The summed E-state index contributed by atoms with van der Waals surface area (Å²) in [6, 6.07) is 7.46. The highest BCUT2D eigenvalue weighted by Gasteiger charge is 2.51. The van der Waals surface area contributed by atoms with E-state index in [2.05, 4.69) is 5.32 Å². The normalized spacial score (nSPS) is 27.2. The van der Waals surface area contributed by atoms with E-state index in [-0.39, 0.29) is 12.5 Å². The van der Waals surface area contributed by atoms with Gasteiger partial charge in [0.2, 0.25) is 5.91 Å². The van der Waals surface area contributed by atoms with Crippen LogP contribution >= 0.6 is 0 Å². The summed E-state index contributed by atoms with van der Waals surface area (Å²) >= 11 is 0. The minimum atomic E-state index is -0.910. The molecule has 1 aliphatic carbocycles. The fraction of sp³-hybridized carbons (Fsp3) is 0.533. The van der Waals surface area contributed by atoms with Gasteiger partial charge in [-0.05, 0) is 30.5 Å². The minimum absolute atomic E-state index is 0.0115. The van der Waals surface area contributed by atoms with Gasteiger partial charge in [0.25, 0.3) is 0 Å². The molecule has 1 amide bonds. The third-order valence-corrected chi connectivity index (χ3v) is 4.31. The second kappa shape index (κ2) is 4.75. The van der Waals surface area contributed by atoms with Crippen LogP contribution in [0.2, 0.25) is 0 Å². The number of anilines is 1. The third-order valence-electron chi connectivity index (χ3n) is 4.31. The van der Waals surface area contributed by atoms with E-state index >= 15 is 0 Å². The Hall–Kier alpha value is -1.59. The van der Waals surface area contributed by atoms with Crippen molar-refractivity contribution in [1.29, 1.82) is 0 Å². The van der Waals surface area contributed by atoms with Gasteiger partial charge in [0.15, 0.2) is 0 Å². The van der Waals surface area contributed by atoms with Crippen LogP contribution in [-0.2, 0) is 14.9 Å². The Kier molecular flexibility index (Phi) is 3.18. The molecule has 1 heterocycles. The Morgan fingerprint density at radius 2 is 2.00 bits per heavy atom. The topological polar surface area (TPSA) is 84.6 Å². The van der Waals surface area contributed by atoms with Crippen LogP contribution in [0.1, 0.15) is 24.8 Å². The van der Waals surface area contributed by atoms with Crippen molar-refractivity contribution in [2.45, 2.75) is 30.3 Å². The fourth-order valence-corrected chi connectivity index (χ4v) is 2.72. The molecule has 1 atom stereocenters. The molecule has 0 bridgehead atoms. The molecule has 1 saturated heterocycles. The van der Waals surface area contributed by atoms with Gasteiger partial charge in [-0.2, -0.15) is 0 Å². The maximum atomic E-state index is 12.4. The van der Waals surface area contributed by atoms with Gasteiger partial charge in [-0.25, -0.2) is 0 Å². The SMILES string of the molecule is Nc1ccc(C2(C(=O)NCC3(O)CCOC3)CC2)cc1. The molecular weight excluding hydrogens is 256 g/mol. The van der Waals surface area contributed by atoms with E-state index in [1.165, 1.54) is 0 Å². The molecule has 108 valence electrons. The highest BCUT2D eigenvalue weighted by atomic mass is 16.5. The number of nitrogen functional groups attached to an aromatic ring is 1. The average molecular weight is 276 g/mol. The van der Waals surface area contributed by atoms with Gasteiger partial charge >= 0.3 is 0 Å². The number of benzene rings is 1. The van der Waals surface area contributed by atoms with Crippen LogP contribution in [0.25, 0.3) is 0 Å². The predicted octanol–water partition coefficient (Wildman–Crippen LogP) is 0.568. The van der Waals surface area contributed by atoms with Crippen LogP contribution in [0.15, 0.2) is 24.3 Å². The van der Waals surface area contributed by atoms with Crippen LogP contribution in [-0.4, -0.2) is 36.4 Å². The zero-order chi connectivity index (χ0) is 14.2. The van der Waals surface area contributed by atoms with Crippen LogP contribution in [0, 0.1) is 0 Å². The first-order valence-electron chi connectivity index (χ1n) is 6.99. The van der Waals surface area contributed by atoms with Crippen molar-refractivity contribution in [3.05, 3.63) is 29.8 Å². The largest absolute Gasteiger partial charge is 0.399 e. The fourth-order valence-electron chi connectivity index (χ4n) is 2.72. The Labute approximate surface area is 118 Å². The van der Waals surface area contributed by atoms with Gasteiger partial charge < -0.3 is 20.9 Å². The number of nitrogens with two attached hydrogens (primary N) is 1. The highest BCUT2D eigenvalue weighted by molar-refractivity contribution is 5.91. The molecule has 5 heteroatoms. The molecule has 0 spiro atoms. The van der Waals surface area contributed by atoms with Crippen LogP contribution < -0.4 is 11.1 Å². The first-order valence-corrected chi connectivity index (χ1v) is 6.99. The van der Waals surface area contributed by atoms with E-state index in [0.29, 0.717) is 25.3 Å². The Balaban J connectivity index is 1.66. The molecule has 1 aliphatic heterocycles. The molecule has 1 unspecified atom stereocenters. The van der Waals surface area contributed by atoms with Gasteiger partial charge in [-0.3, -0.25) is 4.79 Å². The van der Waals surface area contributed by atoms with Crippen LogP contribution in [0.3, 0.4) is 0 Å². The lowest BCUT2D eigenvalue weighted by atomic mass is 9.94.